The summed E-state index contributed by atoms with van der Waals surface area (Å²) in [6.07, 6.45) is 3.28. The van der Waals surface area contributed by atoms with Gasteiger partial charge in [0.25, 0.3) is 0 Å². The topological polar surface area (TPSA) is 57.0 Å². The molecule has 2 heterocycles. The van der Waals surface area contributed by atoms with E-state index in [1.165, 1.54) is 12.1 Å². The Hall–Kier alpha value is -2.73. The zero-order valence-electron chi connectivity index (χ0n) is 15.2. The largest absolute Gasteiger partial charge is 0.459 e. The maximum Gasteiger partial charge on any atom is 0.326 e. The van der Waals surface area contributed by atoms with Crippen LogP contribution < -0.4 is 0 Å². The van der Waals surface area contributed by atoms with Crippen LogP contribution in [0.1, 0.15) is 20.8 Å². The van der Waals surface area contributed by atoms with Gasteiger partial charge in [0.15, 0.2) is 0 Å². The summed E-state index contributed by atoms with van der Waals surface area (Å²) in [5.41, 5.74) is 2.05. The molecular weight excluding hydrogens is 369 g/mol. The van der Waals surface area contributed by atoms with Crippen molar-refractivity contribution in [3.8, 4) is 22.5 Å². The minimum atomic E-state index is -0.610. The summed E-state index contributed by atoms with van der Waals surface area (Å²) < 4.78 is 20.3. The number of halogens is 2. The molecule has 0 aliphatic rings. The molecule has 0 unspecified atom stereocenters. The first-order valence-corrected chi connectivity index (χ1v) is 8.76. The lowest BCUT2D eigenvalue weighted by atomic mass is 10.1. The number of hydrogen-bond acceptors (Lipinski definition) is 4. The molecule has 0 aliphatic heterocycles. The summed E-state index contributed by atoms with van der Waals surface area (Å²) in [6, 6.07) is 9.55. The van der Waals surface area contributed by atoms with Crippen LogP contribution in [0.25, 0.3) is 22.5 Å². The molecule has 0 aliphatic carbocycles. The van der Waals surface area contributed by atoms with E-state index >= 15 is 0 Å². The first-order chi connectivity index (χ1) is 12.7. The number of pyridine rings is 1. The van der Waals surface area contributed by atoms with Crippen molar-refractivity contribution < 1.29 is 13.9 Å². The molecule has 0 atom stereocenters. The van der Waals surface area contributed by atoms with Crippen LogP contribution in [0.15, 0.2) is 48.8 Å². The third kappa shape index (κ3) is 4.52. The Morgan fingerprint density at radius 2 is 1.74 bits per heavy atom. The lowest BCUT2D eigenvalue weighted by molar-refractivity contribution is -0.155. The van der Waals surface area contributed by atoms with Crippen LogP contribution in [-0.4, -0.2) is 26.1 Å². The van der Waals surface area contributed by atoms with Gasteiger partial charge in [-0.05, 0) is 68.8 Å². The van der Waals surface area contributed by atoms with E-state index < -0.39 is 11.6 Å². The van der Waals surface area contributed by atoms with E-state index in [2.05, 4.69) is 9.97 Å². The lowest BCUT2D eigenvalue weighted by Gasteiger charge is -2.20. The molecule has 0 fully saturated rings. The van der Waals surface area contributed by atoms with Gasteiger partial charge in [0, 0.05) is 23.5 Å². The van der Waals surface area contributed by atoms with Crippen LogP contribution in [0.3, 0.4) is 0 Å². The Kier molecular flexibility index (Phi) is 5.28. The van der Waals surface area contributed by atoms with Crippen LogP contribution in [0, 0.1) is 5.82 Å². The van der Waals surface area contributed by atoms with Gasteiger partial charge in [0.1, 0.15) is 18.0 Å². The average molecular weight is 388 g/mol. The molecule has 2 aromatic heterocycles. The van der Waals surface area contributed by atoms with Crippen molar-refractivity contribution in [3.63, 3.8) is 0 Å². The highest BCUT2D eigenvalue weighted by atomic mass is 35.5. The number of hydrogen-bond donors (Lipinski definition) is 0. The number of ether oxygens (including phenoxy) is 1. The van der Waals surface area contributed by atoms with Crippen molar-refractivity contribution in [1.29, 1.82) is 0 Å². The molecule has 0 saturated carbocycles. The third-order valence-electron chi connectivity index (χ3n) is 3.70. The van der Waals surface area contributed by atoms with Crippen LogP contribution in [0.4, 0.5) is 4.39 Å². The van der Waals surface area contributed by atoms with Gasteiger partial charge in [-0.25, -0.2) is 9.37 Å². The number of aromatic nitrogens is 3. The second-order valence-electron chi connectivity index (χ2n) is 6.99. The van der Waals surface area contributed by atoms with E-state index in [-0.39, 0.29) is 17.6 Å². The predicted molar refractivity (Wildman–Crippen MR) is 102 cm³/mol. The fraction of sp³-hybridized carbons (Fsp3) is 0.250. The van der Waals surface area contributed by atoms with Gasteiger partial charge in [-0.3, -0.25) is 9.78 Å². The van der Waals surface area contributed by atoms with Crippen molar-refractivity contribution in [2.75, 3.05) is 0 Å². The summed E-state index contributed by atoms with van der Waals surface area (Å²) in [4.78, 5) is 20.8. The smallest absolute Gasteiger partial charge is 0.326 e. The van der Waals surface area contributed by atoms with E-state index in [0.29, 0.717) is 17.0 Å². The molecule has 27 heavy (non-hydrogen) atoms. The number of nitrogens with zero attached hydrogens (tertiary/aromatic N) is 3. The number of carbonyl (C=O) groups excluding carboxylic acids is 1. The molecule has 0 spiro atoms. The van der Waals surface area contributed by atoms with E-state index in [1.807, 2.05) is 0 Å². The van der Waals surface area contributed by atoms with E-state index in [9.17, 15) is 9.18 Å². The Morgan fingerprint density at radius 1 is 1.11 bits per heavy atom. The number of imidazole rings is 1. The van der Waals surface area contributed by atoms with Crippen molar-refractivity contribution in [2.45, 2.75) is 32.9 Å². The number of esters is 1. The van der Waals surface area contributed by atoms with Crippen molar-refractivity contribution in [1.82, 2.24) is 14.5 Å². The number of carbonyl (C=O) groups is 1. The first-order valence-electron chi connectivity index (χ1n) is 8.39. The molecular formula is C20H19ClFN3O2. The Labute approximate surface area is 161 Å². The van der Waals surface area contributed by atoms with Crippen molar-refractivity contribution in [3.05, 3.63) is 59.9 Å². The SMILES string of the molecule is CC(C)(C)OC(=O)Cn1c(Cl)nc(-c2ccc(F)cc2)c1-c1ccncc1. The molecule has 3 rings (SSSR count). The molecule has 3 aromatic rings. The maximum absolute atomic E-state index is 13.3. The Morgan fingerprint density at radius 3 is 2.33 bits per heavy atom. The predicted octanol–water partition coefficient (Wildman–Crippen LogP) is 4.75. The fourth-order valence-electron chi connectivity index (χ4n) is 2.68. The number of benzene rings is 1. The standard InChI is InChI=1S/C20H19ClFN3O2/c1-20(2,3)27-16(26)12-25-18(14-8-10-23-11-9-14)17(24-19(25)21)13-4-6-15(22)7-5-13/h4-11H,12H2,1-3H3. The van der Waals surface area contributed by atoms with E-state index in [0.717, 1.165) is 5.56 Å². The van der Waals surface area contributed by atoms with Gasteiger partial charge in [0.05, 0.1) is 11.4 Å². The second kappa shape index (κ2) is 7.48. The highest BCUT2D eigenvalue weighted by molar-refractivity contribution is 6.29. The van der Waals surface area contributed by atoms with Gasteiger partial charge in [-0.2, -0.15) is 0 Å². The molecule has 1 aromatic carbocycles. The average Bonchev–Trinajstić information content (AvgIpc) is 2.91. The fourth-order valence-corrected chi connectivity index (χ4v) is 2.91. The van der Waals surface area contributed by atoms with Gasteiger partial charge in [-0.1, -0.05) is 0 Å². The highest BCUT2D eigenvalue weighted by Gasteiger charge is 2.23. The Bertz CT molecular complexity index is 948. The van der Waals surface area contributed by atoms with Crippen LogP contribution >= 0.6 is 11.6 Å². The summed E-state index contributed by atoms with van der Waals surface area (Å²) in [7, 11) is 0. The van der Waals surface area contributed by atoms with E-state index in [4.69, 9.17) is 16.3 Å². The normalized spacial score (nSPS) is 11.4. The van der Waals surface area contributed by atoms with Gasteiger partial charge in [0.2, 0.25) is 5.28 Å². The van der Waals surface area contributed by atoms with Gasteiger partial charge < -0.3 is 9.30 Å². The monoisotopic (exact) mass is 387 g/mol. The minimum Gasteiger partial charge on any atom is -0.459 e. The van der Waals surface area contributed by atoms with Crippen LogP contribution in [0.2, 0.25) is 5.28 Å². The summed E-state index contributed by atoms with van der Waals surface area (Å²) in [6.45, 7) is 5.30. The molecule has 0 amide bonds. The maximum atomic E-state index is 13.3. The molecule has 5 nitrogen and oxygen atoms in total. The van der Waals surface area contributed by atoms with Gasteiger partial charge in [-0.15, -0.1) is 0 Å². The quantitative estimate of drug-likeness (QED) is 0.606. The molecule has 140 valence electrons. The molecule has 0 saturated heterocycles. The third-order valence-corrected chi connectivity index (χ3v) is 3.99. The zero-order valence-corrected chi connectivity index (χ0v) is 16.0. The summed E-state index contributed by atoms with van der Waals surface area (Å²) in [5, 5.41) is 0.145. The Balaban J connectivity index is 2.10. The van der Waals surface area contributed by atoms with Crippen LogP contribution in [-0.2, 0) is 16.1 Å². The zero-order chi connectivity index (χ0) is 19.6. The first kappa shape index (κ1) is 19.0. The minimum absolute atomic E-state index is 0.0953. The van der Waals surface area contributed by atoms with E-state index in [1.54, 1.807) is 62.0 Å². The van der Waals surface area contributed by atoms with Crippen molar-refractivity contribution in [2.24, 2.45) is 0 Å². The van der Waals surface area contributed by atoms with Crippen molar-refractivity contribution >= 4 is 17.6 Å². The molecule has 7 heteroatoms. The number of rotatable bonds is 4. The molecule has 0 N–H and O–H groups in total. The summed E-state index contributed by atoms with van der Waals surface area (Å²) >= 11 is 6.35. The highest BCUT2D eigenvalue weighted by Crippen LogP contribution is 2.34. The summed E-state index contributed by atoms with van der Waals surface area (Å²) in [5.74, 6) is -0.772. The molecule has 0 radical (unpaired) electrons. The molecule has 0 bridgehead atoms. The second-order valence-corrected chi connectivity index (χ2v) is 7.33. The van der Waals surface area contributed by atoms with Crippen LogP contribution in [0.5, 0.6) is 0 Å². The van der Waals surface area contributed by atoms with Gasteiger partial charge >= 0.3 is 5.97 Å². The lowest BCUT2D eigenvalue weighted by Crippen LogP contribution is -2.26.